The van der Waals surface area contributed by atoms with Crippen molar-refractivity contribution in [2.24, 2.45) is 0 Å². The van der Waals surface area contributed by atoms with Gasteiger partial charge < -0.3 is 9.13 Å². The molecule has 109 heavy (non-hydrogen) atoms. The van der Waals surface area contributed by atoms with Crippen molar-refractivity contribution in [2.45, 2.75) is 31.1 Å². The molecule has 0 saturated heterocycles. The van der Waals surface area contributed by atoms with Crippen molar-refractivity contribution in [2.75, 3.05) is 0 Å². The molecule has 19 aromatic rings. The van der Waals surface area contributed by atoms with Gasteiger partial charge in [0.1, 0.15) is 0 Å². The molecule has 17 aromatic carbocycles. The van der Waals surface area contributed by atoms with Gasteiger partial charge in [0.05, 0.1) is 22.1 Å². The van der Waals surface area contributed by atoms with Gasteiger partial charge in [-0.15, -0.1) is 0 Å². The molecule has 0 saturated carbocycles. The van der Waals surface area contributed by atoms with Gasteiger partial charge in [-0.05, 0) is 183 Å². The Morgan fingerprint density at radius 2 is 0.450 bits per heavy atom. The molecule has 0 N–H and O–H groups in total. The summed E-state index contributed by atoms with van der Waals surface area (Å²) < 4.78 is 4.77. The van der Waals surface area contributed by atoms with Gasteiger partial charge >= 0.3 is 0 Å². The first-order chi connectivity index (χ1) is 53.8. The molecule has 1 aliphatic carbocycles. The number of hydrogen-bond acceptors (Lipinski definition) is 0. The number of nitrogens with zero attached hydrogens (tertiary/aromatic N) is 2. The summed E-state index contributed by atoms with van der Waals surface area (Å²) in [6.07, 6.45) is 0. The largest absolute Gasteiger partial charge is 0.309 e. The van der Waals surface area contributed by atoms with Crippen LogP contribution in [0.1, 0.15) is 70.2 Å². The Morgan fingerprint density at radius 1 is 0.183 bits per heavy atom. The zero-order valence-electron chi connectivity index (χ0n) is 61.0. The van der Waals surface area contributed by atoms with Crippen LogP contribution in [0.2, 0.25) is 0 Å². The highest BCUT2D eigenvalue weighted by molar-refractivity contribution is 6.12. The lowest BCUT2D eigenvalue weighted by molar-refractivity contribution is 0.659. The van der Waals surface area contributed by atoms with E-state index in [1.54, 1.807) is 0 Å². The van der Waals surface area contributed by atoms with Crippen molar-refractivity contribution in [3.63, 3.8) is 0 Å². The van der Waals surface area contributed by atoms with Crippen LogP contribution in [-0.2, 0) is 5.41 Å². The molecule has 2 heteroatoms. The van der Waals surface area contributed by atoms with E-state index in [0.29, 0.717) is 0 Å². The first-order valence-corrected chi connectivity index (χ1v) is 38.0. The van der Waals surface area contributed by atoms with Crippen molar-refractivity contribution in [1.29, 1.82) is 0 Å². The summed E-state index contributed by atoms with van der Waals surface area (Å²) in [4.78, 5) is 0. The number of rotatable bonds is 14. The van der Waals surface area contributed by atoms with E-state index in [0.717, 1.165) is 5.69 Å². The molecule has 1 unspecified atom stereocenters. The van der Waals surface area contributed by atoms with Gasteiger partial charge in [-0.3, -0.25) is 0 Å². The predicted octanol–water partition coefficient (Wildman–Crippen LogP) is 28.2. The van der Waals surface area contributed by atoms with Gasteiger partial charge in [-0.2, -0.15) is 0 Å². The molecule has 0 aliphatic heterocycles. The fraction of sp³-hybridized carbons (Fsp3) is 0.0467. The average Bonchev–Trinajstić information content (AvgIpc) is 1.61. The van der Waals surface area contributed by atoms with E-state index < -0.39 is 0 Å². The smallest absolute Gasteiger partial charge is 0.0541 e. The summed E-state index contributed by atoms with van der Waals surface area (Å²) in [5, 5.41) is 5.05. The first-order valence-electron chi connectivity index (χ1n) is 38.0. The molecule has 1 atom stereocenters. The number of benzene rings is 17. The highest BCUT2D eigenvalue weighted by Crippen LogP contribution is 2.51. The minimum absolute atomic E-state index is 0.0597. The standard InChI is InChI=1S/C55H39N.C52H39N/c1-4-12-39(13-5-1)42-20-26-46(27-21-42)55(47-28-22-43(23-29-47)40-14-6-2-7-15-40)48-30-24-45(25-31-48)49-34-37-54-52(38-49)51-18-10-11-19-53(51)56(54)50-35-32-44(33-36-50)41-16-8-3-9-17-41;1-52(2)47-19-11-9-17-43(47)44-31-29-41(34-48(44)52)51(38-25-21-36(22-26-38)35-13-5-3-6-14-35)39-27-23-37(24-28-39)40-30-32-50-46(33-40)45-18-10-12-20-49(45)53(50)42-15-7-4-8-16-42/h1-38,55H;3-34,51H,1-2H3. The second-order valence-electron chi connectivity index (χ2n) is 29.5. The SMILES string of the molecule is CC1(C)c2ccccc2-c2ccc(C(c3ccc(-c4ccccc4)cc3)c3ccc(-c4ccc5c(c4)c4ccccc4n5-c4ccccc4)cc3)cc21.c1ccc(-c2ccc(C(c3ccc(-c4ccccc4)cc3)c3ccc(-c4ccc5c(c4)c4ccccc4n5-c4ccc(-c5ccccc5)cc4)cc3)cc2)cc1. The minimum atomic E-state index is -0.0597. The van der Waals surface area contributed by atoms with Crippen molar-refractivity contribution >= 4 is 43.6 Å². The summed E-state index contributed by atoms with van der Waals surface area (Å²) in [6.45, 7) is 4.74. The molecule has 1 aliphatic rings. The maximum absolute atomic E-state index is 2.48. The van der Waals surface area contributed by atoms with E-state index in [9.17, 15) is 0 Å². The van der Waals surface area contributed by atoms with Gasteiger partial charge in [0.15, 0.2) is 0 Å². The summed E-state index contributed by atoms with van der Waals surface area (Å²) >= 11 is 0. The third-order valence-corrected chi connectivity index (χ3v) is 22.7. The first kappa shape index (κ1) is 66.1. The van der Waals surface area contributed by atoms with Crippen LogP contribution < -0.4 is 0 Å². The lowest BCUT2D eigenvalue weighted by Crippen LogP contribution is -2.15. The highest BCUT2D eigenvalue weighted by atomic mass is 15.0. The zero-order valence-corrected chi connectivity index (χ0v) is 61.0. The van der Waals surface area contributed by atoms with Gasteiger partial charge in [0, 0.05) is 50.2 Å². The maximum atomic E-state index is 2.48. The predicted molar refractivity (Wildman–Crippen MR) is 459 cm³/mol. The Labute approximate surface area is 638 Å². The van der Waals surface area contributed by atoms with Crippen molar-refractivity contribution in [1.82, 2.24) is 9.13 Å². The van der Waals surface area contributed by atoms with E-state index >= 15 is 0 Å². The van der Waals surface area contributed by atoms with E-state index in [1.807, 2.05) is 0 Å². The Kier molecular flexibility index (Phi) is 17.2. The Bertz CT molecular complexity index is 6370. The summed E-state index contributed by atoms with van der Waals surface area (Å²) in [5.74, 6) is 0.178. The molecule has 20 rings (SSSR count). The number of aromatic nitrogens is 2. The van der Waals surface area contributed by atoms with Crippen LogP contribution in [0.15, 0.2) is 425 Å². The normalized spacial score (nSPS) is 12.4. The third kappa shape index (κ3) is 12.4. The van der Waals surface area contributed by atoms with E-state index in [1.165, 1.54) is 172 Å². The molecule has 0 radical (unpaired) electrons. The Balaban J connectivity index is 0.000000148. The second-order valence-corrected chi connectivity index (χ2v) is 29.5. The average molecular weight is 1390 g/mol. The van der Waals surface area contributed by atoms with Crippen LogP contribution in [0.5, 0.6) is 0 Å². The Hall–Kier alpha value is -13.7. The lowest BCUT2D eigenvalue weighted by Gasteiger charge is -2.25. The van der Waals surface area contributed by atoms with Gasteiger partial charge in [0.25, 0.3) is 0 Å². The van der Waals surface area contributed by atoms with Gasteiger partial charge in [-0.1, -0.05) is 378 Å². The quantitative estimate of drug-likeness (QED) is 0.0961. The zero-order chi connectivity index (χ0) is 72.8. The highest BCUT2D eigenvalue weighted by Gasteiger charge is 2.36. The monoisotopic (exact) mass is 1390 g/mol. The number of fused-ring (bicyclic) bond motifs is 9. The molecular weight excluding hydrogens is 1310 g/mol. The van der Waals surface area contributed by atoms with Crippen LogP contribution in [0.25, 0.3) is 133 Å². The Morgan fingerprint density at radius 3 is 0.844 bits per heavy atom. The molecule has 516 valence electrons. The molecule has 2 heterocycles. The second kappa shape index (κ2) is 28.3. The molecular formula is C107H78N2. The fourth-order valence-corrected chi connectivity index (χ4v) is 17.2. The number of para-hydroxylation sites is 3. The van der Waals surface area contributed by atoms with E-state index in [2.05, 4.69) is 448 Å². The van der Waals surface area contributed by atoms with Crippen LogP contribution in [0.4, 0.5) is 0 Å². The van der Waals surface area contributed by atoms with Crippen LogP contribution in [0, 0.1) is 0 Å². The molecule has 0 fully saturated rings. The summed E-state index contributed by atoms with van der Waals surface area (Å²) in [6, 6.07) is 155. The van der Waals surface area contributed by atoms with Crippen molar-refractivity contribution in [3.8, 4) is 89.3 Å². The minimum Gasteiger partial charge on any atom is -0.309 e. The third-order valence-electron chi connectivity index (χ3n) is 22.7. The summed E-state index contributed by atoms with van der Waals surface area (Å²) in [7, 11) is 0. The topological polar surface area (TPSA) is 9.86 Å². The van der Waals surface area contributed by atoms with Crippen LogP contribution in [0.3, 0.4) is 0 Å². The van der Waals surface area contributed by atoms with Gasteiger partial charge in [-0.25, -0.2) is 0 Å². The van der Waals surface area contributed by atoms with E-state index in [-0.39, 0.29) is 17.3 Å². The number of hydrogen-bond donors (Lipinski definition) is 0. The summed E-state index contributed by atoms with van der Waals surface area (Å²) in [5.41, 5.74) is 35.1. The van der Waals surface area contributed by atoms with Crippen molar-refractivity contribution in [3.05, 3.63) is 469 Å². The van der Waals surface area contributed by atoms with Crippen molar-refractivity contribution < 1.29 is 0 Å². The molecule has 0 bridgehead atoms. The molecule has 2 aromatic heterocycles. The van der Waals surface area contributed by atoms with E-state index in [4.69, 9.17) is 0 Å². The fourth-order valence-electron chi connectivity index (χ4n) is 17.2. The molecule has 2 nitrogen and oxygen atoms in total. The van der Waals surface area contributed by atoms with Crippen LogP contribution >= 0.6 is 0 Å². The molecule has 0 amide bonds. The maximum Gasteiger partial charge on any atom is 0.0541 e. The molecule has 0 spiro atoms. The van der Waals surface area contributed by atoms with Crippen LogP contribution in [-0.4, -0.2) is 9.13 Å². The lowest BCUT2D eigenvalue weighted by atomic mass is 9.79. The van der Waals surface area contributed by atoms with Gasteiger partial charge in [0.2, 0.25) is 0 Å².